The van der Waals surface area contributed by atoms with Gasteiger partial charge in [0.05, 0.1) is 6.61 Å². The van der Waals surface area contributed by atoms with Crippen molar-refractivity contribution >= 4 is 5.96 Å². The Kier molecular flexibility index (Phi) is 8.56. The van der Waals surface area contributed by atoms with Gasteiger partial charge < -0.3 is 15.8 Å². The van der Waals surface area contributed by atoms with Crippen LogP contribution in [0.25, 0.3) is 0 Å². The third kappa shape index (κ3) is 8.03. The van der Waals surface area contributed by atoms with E-state index in [-0.39, 0.29) is 0 Å². The van der Waals surface area contributed by atoms with Gasteiger partial charge in [-0.2, -0.15) is 0 Å². The second kappa shape index (κ2) is 11.1. The van der Waals surface area contributed by atoms with Crippen LogP contribution in [0.1, 0.15) is 50.5 Å². The number of benzene rings is 1. The summed E-state index contributed by atoms with van der Waals surface area (Å²) in [5.41, 5.74) is 7.27. The molecule has 23 heavy (non-hydrogen) atoms. The summed E-state index contributed by atoms with van der Waals surface area (Å²) in [6.45, 7) is 2.38. The lowest BCUT2D eigenvalue weighted by Gasteiger charge is -2.23. The van der Waals surface area contributed by atoms with E-state index in [9.17, 15) is 0 Å². The predicted octanol–water partition coefficient (Wildman–Crippen LogP) is 3.26. The lowest BCUT2D eigenvalue weighted by atomic mass is 9.96. The second-order valence-electron chi connectivity index (χ2n) is 6.30. The van der Waals surface area contributed by atoms with E-state index in [2.05, 4.69) is 34.6 Å². The summed E-state index contributed by atoms with van der Waals surface area (Å²) in [5, 5.41) is 3.34. The molecular formula is C19H31N3O. The predicted molar refractivity (Wildman–Crippen MR) is 96.7 cm³/mol. The van der Waals surface area contributed by atoms with Gasteiger partial charge in [0.1, 0.15) is 0 Å². The number of rotatable bonds is 9. The number of nitrogens with one attached hydrogen (secondary N) is 1. The Morgan fingerprint density at radius 3 is 2.65 bits per heavy atom. The van der Waals surface area contributed by atoms with E-state index in [1.807, 2.05) is 6.07 Å². The van der Waals surface area contributed by atoms with Crippen molar-refractivity contribution in [3.8, 4) is 0 Å². The quantitative estimate of drug-likeness (QED) is 0.417. The number of nitrogens with two attached hydrogens (primary N) is 1. The number of hydrogen-bond donors (Lipinski definition) is 2. The van der Waals surface area contributed by atoms with Crippen molar-refractivity contribution in [2.45, 2.75) is 57.4 Å². The fraction of sp³-hybridized carbons (Fsp3) is 0.632. The normalized spacial score (nSPS) is 16.4. The van der Waals surface area contributed by atoms with Crippen molar-refractivity contribution < 1.29 is 4.74 Å². The molecule has 2 rings (SSSR count). The number of aliphatic imine (C=N–C) groups is 1. The SMILES string of the molecule is NC(=NCCCCOCCc1ccccc1)NC1CCCCC1. The monoisotopic (exact) mass is 317 g/mol. The molecule has 0 amide bonds. The minimum Gasteiger partial charge on any atom is -0.381 e. The Labute approximate surface area is 140 Å². The van der Waals surface area contributed by atoms with Gasteiger partial charge in [0.2, 0.25) is 0 Å². The lowest BCUT2D eigenvalue weighted by molar-refractivity contribution is 0.134. The number of unbranched alkanes of at least 4 members (excludes halogenated alkanes) is 1. The van der Waals surface area contributed by atoms with Crippen molar-refractivity contribution in [2.24, 2.45) is 10.7 Å². The van der Waals surface area contributed by atoms with Crippen molar-refractivity contribution in [3.63, 3.8) is 0 Å². The van der Waals surface area contributed by atoms with Gasteiger partial charge in [-0.05, 0) is 37.7 Å². The van der Waals surface area contributed by atoms with Crippen LogP contribution in [-0.2, 0) is 11.2 Å². The molecule has 0 aromatic heterocycles. The summed E-state index contributed by atoms with van der Waals surface area (Å²) in [5.74, 6) is 0.613. The molecule has 1 saturated carbocycles. The highest BCUT2D eigenvalue weighted by molar-refractivity contribution is 5.78. The number of guanidine groups is 1. The maximum Gasteiger partial charge on any atom is 0.188 e. The summed E-state index contributed by atoms with van der Waals surface area (Å²) in [7, 11) is 0. The molecule has 1 aliphatic carbocycles. The van der Waals surface area contributed by atoms with Crippen molar-refractivity contribution in [1.82, 2.24) is 5.32 Å². The van der Waals surface area contributed by atoms with Gasteiger partial charge >= 0.3 is 0 Å². The van der Waals surface area contributed by atoms with E-state index in [1.54, 1.807) is 0 Å². The van der Waals surface area contributed by atoms with Crippen LogP contribution in [0.4, 0.5) is 0 Å². The average Bonchev–Trinajstić information content (AvgIpc) is 2.59. The van der Waals surface area contributed by atoms with Crippen molar-refractivity contribution in [2.75, 3.05) is 19.8 Å². The van der Waals surface area contributed by atoms with Gasteiger partial charge in [0.25, 0.3) is 0 Å². The van der Waals surface area contributed by atoms with Gasteiger partial charge in [-0.1, -0.05) is 49.6 Å². The lowest BCUT2D eigenvalue weighted by Crippen LogP contribution is -2.41. The van der Waals surface area contributed by atoms with Gasteiger partial charge in [0.15, 0.2) is 5.96 Å². The fourth-order valence-corrected chi connectivity index (χ4v) is 2.95. The van der Waals surface area contributed by atoms with Crippen LogP contribution in [0.5, 0.6) is 0 Å². The minimum absolute atomic E-state index is 0.536. The minimum atomic E-state index is 0.536. The van der Waals surface area contributed by atoms with Crippen LogP contribution in [-0.4, -0.2) is 31.8 Å². The maximum atomic E-state index is 5.94. The Morgan fingerprint density at radius 1 is 1.09 bits per heavy atom. The molecule has 0 spiro atoms. The molecule has 0 aliphatic heterocycles. The van der Waals surface area contributed by atoms with E-state index in [0.717, 1.165) is 39.0 Å². The molecular weight excluding hydrogens is 286 g/mol. The molecule has 4 heteroatoms. The standard InChI is InChI=1S/C19H31N3O/c20-19(22-18-11-5-2-6-12-18)21-14-7-8-15-23-16-13-17-9-3-1-4-10-17/h1,3-4,9-10,18H,2,5-8,11-16H2,(H3,20,21,22). The Morgan fingerprint density at radius 2 is 1.87 bits per heavy atom. The summed E-state index contributed by atoms with van der Waals surface area (Å²) < 4.78 is 5.67. The first-order valence-corrected chi connectivity index (χ1v) is 9.03. The van der Waals surface area contributed by atoms with E-state index >= 15 is 0 Å². The molecule has 1 fully saturated rings. The first-order valence-electron chi connectivity index (χ1n) is 9.03. The van der Waals surface area contributed by atoms with Crippen LogP contribution >= 0.6 is 0 Å². The van der Waals surface area contributed by atoms with Gasteiger partial charge in [0, 0.05) is 19.2 Å². The molecule has 0 saturated heterocycles. The highest BCUT2D eigenvalue weighted by Gasteiger charge is 2.12. The maximum absolute atomic E-state index is 5.94. The van der Waals surface area contributed by atoms with Crippen LogP contribution in [0.15, 0.2) is 35.3 Å². The topological polar surface area (TPSA) is 59.6 Å². The van der Waals surface area contributed by atoms with Crippen LogP contribution in [0.3, 0.4) is 0 Å². The third-order valence-electron chi connectivity index (χ3n) is 4.31. The number of hydrogen-bond acceptors (Lipinski definition) is 2. The smallest absolute Gasteiger partial charge is 0.188 e. The Balaban J connectivity index is 1.44. The van der Waals surface area contributed by atoms with Crippen molar-refractivity contribution in [1.29, 1.82) is 0 Å². The molecule has 128 valence electrons. The van der Waals surface area contributed by atoms with Gasteiger partial charge in [-0.15, -0.1) is 0 Å². The number of nitrogens with zero attached hydrogens (tertiary/aromatic N) is 1. The average molecular weight is 317 g/mol. The van der Waals surface area contributed by atoms with E-state index in [1.165, 1.54) is 37.7 Å². The molecule has 0 radical (unpaired) electrons. The first kappa shape index (κ1) is 17.8. The zero-order chi connectivity index (χ0) is 16.2. The fourth-order valence-electron chi connectivity index (χ4n) is 2.95. The molecule has 3 N–H and O–H groups in total. The summed E-state index contributed by atoms with van der Waals surface area (Å²) in [6, 6.07) is 11.0. The van der Waals surface area contributed by atoms with E-state index in [0.29, 0.717) is 12.0 Å². The number of ether oxygens (including phenoxy) is 1. The largest absolute Gasteiger partial charge is 0.381 e. The molecule has 0 heterocycles. The molecule has 0 bridgehead atoms. The molecule has 1 aromatic rings. The van der Waals surface area contributed by atoms with Crippen LogP contribution in [0.2, 0.25) is 0 Å². The van der Waals surface area contributed by atoms with Crippen LogP contribution < -0.4 is 11.1 Å². The van der Waals surface area contributed by atoms with Gasteiger partial charge in [-0.25, -0.2) is 0 Å². The molecule has 4 nitrogen and oxygen atoms in total. The molecule has 0 unspecified atom stereocenters. The molecule has 0 atom stereocenters. The summed E-state index contributed by atoms with van der Waals surface area (Å²) in [6.07, 6.45) is 9.48. The van der Waals surface area contributed by atoms with E-state index in [4.69, 9.17) is 10.5 Å². The Bertz CT molecular complexity index is 441. The Hall–Kier alpha value is -1.55. The van der Waals surface area contributed by atoms with Crippen molar-refractivity contribution in [3.05, 3.63) is 35.9 Å². The van der Waals surface area contributed by atoms with Crippen LogP contribution in [0, 0.1) is 0 Å². The highest BCUT2D eigenvalue weighted by atomic mass is 16.5. The zero-order valence-corrected chi connectivity index (χ0v) is 14.2. The first-order chi connectivity index (χ1) is 11.3. The molecule has 1 aliphatic rings. The van der Waals surface area contributed by atoms with Gasteiger partial charge in [-0.3, -0.25) is 4.99 Å². The summed E-state index contributed by atoms with van der Waals surface area (Å²) in [4.78, 5) is 4.41. The highest BCUT2D eigenvalue weighted by Crippen LogP contribution is 2.16. The third-order valence-corrected chi connectivity index (χ3v) is 4.31. The van der Waals surface area contributed by atoms with E-state index < -0.39 is 0 Å². The second-order valence-corrected chi connectivity index (χ2v) is 6.30. The molecule has 1 aromatic carbocycles. The zero-order valence-electron chi connectivity index (χ0n) is 14.2. The summed E-state index contributed by atoms with van der Waals surface area (Å²) >= 11 is 0.